The van der Waals surface area contributed by atoms with Gasteiger partial charge in [0.2, 0.25) is 10.0 Å². The van der Waals surface area contributed by atoms with Gasteiger partial charge in [-0.05, 0) is 54.4 Å². The molecule has 0 heterocycles. The first-order valence-corrected chi connectivity index (χ1v) is 11.2. The van der Waals surface area contributed by atoms with Gasteiger partial charge < -0.3 is 5.32 Å². The van der Waals surface area contributed by atoms with Crippen LogP contribution in [0.2, 0.25) is 5.02 Å². The molecule has 0 aliphatic carbocycles. The van der Waals surface area contributed by atoms with Crippen LogP contribution in [0.15, 0.2) is 72.8 Å². The fourth-order valence-corrected chi connectivity index (χ4v) is 3.91. The number of sulfonamides is 1. The van der Waals surface area contributed by atoms with Crippen LogP contribution in [0.3, 0.4) is 0 Å². The topological polar surface area (TPSA) is 66.5 Å². The molecule has 0 saturated carbocycles. The predicted molar refractivity (Wildman–Crippen MR) is 118 cm³/mol. The van der Waals surface area contributed by atoms with E-state index in [9.17, 15) is 13.2 Å². The maximum atomic E-state index is 12.6. The van der Waals surface area contributed by atoms with Crippen LogP contribution in [0.5, 0.6) is 0 Å². The molecule has 0 spiro atoms. The molecule has 150 valence electrons. The number of anilines is 2. The average Bonchev–Trinajstić information content (AvgIpc) is 2.69. The van der Waals surface area contributed by atoms with Crippen molar-refractivity contribution in [2.45, 2.75) is 13.5 Å². The van der Waals surface area contributed by atoms with Gasteiger partial charge in [0.1, 0.15) is 0 Å². The number of amides is 1. The van der Waals surface area contributed by atoms with Crippen LogP contribution in [0.1, 0.15) is 21.5 Å². The minimum atomic E-state index is -3.49. The van der Waals surface area contributed by atoms with E-state index in [2.05, 4.69) is 5.32 Å². The second-order valence-electron chi connectivity index (χ2n) is 6.72. The van der Waals surface area contributed by atoms with Crippen LogP contribution >= 0.6 is 11.6 Å². The Bertz CT molecular complexity index is 1110. The number of hydrogen-bond donors (Lipinski definition) is 1. The lowest BCUT2D eigenvalue weighted by molar-refractivity contribution is 0.102. The van der Waals surface area contributed by atoms with Gasteiger partial charge in [-0.15, -0.1) is 0 Å². The Labute approximate surface area is 176 Å². The van der Waals surface area contributed by atoms with E-state index in [-0.39, 0.29) is 12.5 Å². The second-order valence-corrected chi connectivity index (χ2v) is 9.06. The highest BCUT2D eigenvalue weighted by molar-refractivity contribution is 7.92. The molecule has 7 heteroatoms. The molecule has 29 heavy (non-hydrogen) atoms. The number of aryl methyl sites for hydroxylation is 1. The summed E-state index contributed by atoms with van der Waals surface area (Å²) in [5, 5.41) is 3.36. The molecule has 0 radical (unpaired) electrons. The smallest absolute Gasteiger partial charge is 0.255 e. The molecule has 1 amide bonds. The first kappa shape index (κ1) is 20.9. The monoisotopic (exact) mass is 428 g/mol. The van der Waals surface area contributed by atoms with Crippen molar-refractivity contribution in [3.8, 4) is 0 Å². The van der Waals surface area contributed by atoms with E-state index in [4.69, 9.17) is 11.6 Å². The van der Waals surface area contributed by atoms with Gasteiger partial charge in [-0.2, -0.15) is 0 Å². The minimum Gasteiger partial charge on any atom is -0.322 e. The van der Waals surface area contributed by atoms with Gasteiger partial charge >= 0.3 is 0 Å². The van der Waals surface area contributed by atoms with Gasteiger partial charge in [0.15, 0.2) is 0 Å². The Morgan fingerprint density at radius 3 is 2.28 bits per heavy atom. The summed E-state index contributed by atoms with van der Waals surface area (Å²) in [5.41, 5.74) is 3.31. The molecule has 0 unspecified atom stereocenters. The third-order valence-corrected chi connectivity index (χ3v) is 5.81. The Morgan fingerprint density at radius 2 is 1.66 bits per heavy atom. The number of carbonyl (C=O) groups is 1. The molecule has 5 nitrogen and oxygen atoms in total. The molecular formula is C22H21ClN2O3S. The Balaban J connectivity index is 1.81. The van der Waals surface area contributed by atoms with E-state index in [0.29, 0.717) is 22.0 Å². The van der Waals surface area contributed by atoms with E-state index in [0.717, 1.165) is 11.1 Å². The van der Waals surface area contributed by atoms with Crippen molar-refractivity contribution in [1.29, 1.82) is 0 Å². The molecule has 3 aromatic carbocycles. The quantitative estimate of drug-likeness (QED) is 0.609. The fraction of sp³-hybridized carbons (Fsp3) is 0.136. The van der Waals surface area contributed by atoms with Gasteiger partial charge in [0, 0.05) is 16.3 Å². The van der Waals surface area contributed by atoms with Gasteiger partial charge in [0.05, 0.1) is 18.5 Å². The first-order chi connectivity index (χ1) is 13.7. The largest absolute Gasteiger partial charge is 0.322 e. The predicted octanol–water partition coefficient (Wildman–Crippen LogP) is 4.87. The zero-order valence-electron chi connectivity index (χ0n) is 16.1. The van der Waals surface area contributed by atoms with Crippen LogP contribution in [-0.4, -0.2) is 20.6 Å². The highest BCUT2D eigenvalue weighted by atomic mass is 35.5. The van der Waals surface area contributed by atoms with Gasteiger partial charge in [-0.1, -0.05) is 48.0 Å². The average molecular weight is 429 g/mol. The lowest BCUT2D eigenvalue weighted by Gasteiger charge is -2.22. The van der Waals surface area contributed by atoms with Crippen molar-refractivity contribution in [3.63, 3.8) is 0 Å². The minimum absolute atomic E-state index is 0.215. The van der Waals surface area contributed by atoms with Crippen LogP contribution in [0.4, 0.5) is 11.4 Å². The Kier molecular flexibility index (Phi) is 6.25. The maximum absolute atomic E-state index is 12.6. The normalized spacial score (nSPS) is 11.1. The van der Waals surface area contributed by atoms with Crippen molar-refractivity contribution in [2.75, 3.05) is 15.9 Å². The molecule has 3 aromatic rings. The number of nitrogens with one attached hydrogen (secondary N) is 1. The summed E-state index contributed by atoms with van der Waals surface area (Å²) in [4.78, 5) is 12.6. The van der Waals surface area contributed by atoms with Gasteiger partial charge in [-0.3, -0.25) is 9.10 Å². The SMILES string of the molecule is Cc1ccc(Cl)cc1NC(=O)c1ccc(N(Cc2ccccc2)S(C)(=O)=O)cc1. The molecule has 0 bridgehead atoms. The third-order valence-electron chi connectivity index (χ3n) is 4.43. The summed E-state index contributed by atoms with van der Waals surface area (Å²) in [6.45, 7) is 2.09. The molecule has 0 aliphatic rings. The number of hydrogen-bond acceptors (Lipinski definition) is 3. The number of rotatable bonds is 6. The summed E-state index contributed by atoms with van der Waals surface area (Å²) in [6, 6.07) is 21.1. The van der Waals surface area contributed by atoms with Crippen LogP contribution in [-0.2, 0) is 16.6 Å². The van der Waals surface area contributed by atoms with Crippen molar-refractivity contribution < 1.29 is 13.2 Å². The van der Waals surface area contributed by atoms with Gasteiger partial charge in [-0.25, -0.2) is 8.42 Å². The fourth-order valence-electron chi connectivity index (χ4n) is 2.85. The lowest BCUT2D eigenvalue weighted by Crippen LogP contribution is -2.29. The molecular weight excluding hydrogens is 408 g/mol. The third kappa shape index (κ3) is 5.37. The summed E-state index contributed by atoms with van der Waals surface area (Å²) in [7, 11) is -3.49. The summed E-state index contributed by atoms with van der Waals surface area (Å²) in [5.74, 6) is -0.295. The Morgan fingerprint density at radius 1 is 1.00 bits per heavy atom. The summed E-state index contributed by atoms with van der Waals surface area (Å²) >= 11 is 6.00. The van der Waals surface area contributed by atoms with E-state index in [1.165, 1.54) is 10.6 Å². The molecule has 0 aromatic heterocycles. The Hall–Kier alpha value is -2.83. The molecule has 0 saturated heterocycles. The van der Waals surface area contributed by atoms with E-state index >= 15 is 0 Å². The molecule has 0 aliphatic heterocycles. The highest BCUT2D eigenvalue weighted by Gasteiger charge is 2.18. The number of halogens is 1. The van der Waals surface area contributed by atoms with E-state index in [1.54, 1.807) is 36.4 Å². The molecule has 1 N–H and O–H groups in total. The summed E-state index contributed by atoms with van der Waals surface area (Å²) in [6.07, 6.45) is 1.17. The summed E-state index contributed by atoms with van der Waals surface area (Å²) < 4.78 is 25.9. The van der Waals surface area contributed by atoms with Gasteiger partial charge in [0.25, 0.3) is 5.91 Å². The van der Waals surface area contributed by atoms with Crippen molar-refractivity contribution in [2.24, 2.45) is 0 Å². The molecule has 0 atom stereocenters. The zero-order chi connectivity index (χ0) is 21.0. The van der Waals surface area contributed by atoms with Crippen molar-refractivity contribution >= 4 is 38.9 Å². The van der Waals surface area contributed by atoms with Crippen LogP contribution < -0.4 is 9.62 Å². The highest BCUT2D eigenvalue weighted by Crippen LogP contribution is 2.23. The molecule has 3 rings (SSSR count). The van der Waals surface area contributed by atoms with Crippen molar-refractivity contribution in [3.05, 3.63) is 94.5 Å². The maximum Gasteiger partial charge on any atom is 0.255 e. The first-order valence-electron chi connectivity index (χ1n) is 8.93. The standard InChI is InChI=1S/C22H21ClN2O3S/c1-16-8-11-19(23)14-21(16)24-22(26)18-9-12-20(13-10-18)25(29(2,27)28)15-17-6-4-3-5-7-17/h3-14H,15H2,1-2H3,(H,24,26). The van der Waals surface area contributed by atoms with Crippen LogP contribution in [0.25, 0.3) is 0 Å². The van der Waals surface area contributed by atoms with Crippen molar-refractivity contribution in [1.82, 2.24) is 0 Å². The number of benzene rings is 3. The van der Waals surface area contributed by atoms with E-state index < -0.39 is 10.0 Å². The number of carbonyl (C=O) groups excluding carboxylic acids is 1. The zero-order valence-corrected chi connectivity index (χ0v) is 17.7. The lowest BCUT2D eigenvalue weighted by atomic mass is 10.1. The molecule has 0 fully saturated rings. The van der Waals surface area contributed by atoms with Crippen LogP contribution in [0, 0.1) is 6.92 Å². The number of nitrogens with zero attached hydrogens (tertiary/aromatic N) is 1. The van der Waals surface area contributed by atoms with E-state index in [1.807, 2.05) is 43.3 Å². The second kappa shape index (κ2) is 8.68.